The van der Waals surface area contributed by atoms with E-state index in [2.05, 4.69) is 0 Å². The SMILES string of the molecule is CF.CF.N#Cc1ccccc1. The van der Waals surface area contributed by atoms with Gasteiger partial charge in [0.05, 0.1) is 26.0 Å². The number of nitrogens with zero attached hydrogens (tertiary/aromatic N) is 1. The molecule has 0 atom stereocenters. The molecule has 0 amide bonds. The number of benzene rings is 1. The molecule has 1 rings (SSSR count). The van der Waals surface area contributed by atoms with E-state index in [-0.39, 0.29) is 0 Å². The monoisotopic (exact) mass is 171 g/mol. The Balaban J connectivity index is 0. The van der Waals surface area contributed by atoms with Gasteiger partial charge in [-0.25, -0.2) is 0 Å². The third-order valence-electron chi connectivity index (χ3n) is 0.903. The second-order valence-corrected chi connectivity index (χ2v) is 1.48. The molecule has 0 radical (unpaired) electrons. The Labute approximate surface area is 71.3 Å². The molecule has 0 aliphatic carbocycles. The Kier molecular flexibility index (Phi) is 13.5. The normalized spacial score (nSPS) is 6.25. The van der Waals surface area contributed by atoms with Crippen LogP contribution in [0.25, 0.3) is 0 Å². The molecule has 0 aliphatic rings. The highest BCUT2D eigenvalue weighted by atomic mass is 19.1. The molecule has 1 nitrogen and oxygen atoms in total. The molecule has 0 spiro atoms. The van der Waals surface area contributed by atoms with Crippen molar-refractivity contribution in [2.24, 2.45) is 0 Å². The number of alkyl halides is 2. The summed E-state index contributed by atoms with van der Waals surface area (Å²) in [6.45, 7) is 0. The Morgan fingerprint density at radius 1 is 1.00 bits per heavy atom. The van der Waals surface area contributed by atoms with Crippen LogP contribution >= 0.6 is 0 Å². The van der Waals surface area contributed by atoms with Crippen LogP contribution in [0, 0.1) is 11.3 Å². The van der Waals surface area contributed by atoms with E-state index in [0.29, 0.717) is 19.9 Å². The lowest BCUT2D eigenvalue weighted by Gasteiger charge is -1.80. The van der Waals surface area contributed by atoms with Crippen molar-refractivity contribution in [2.75, 3.05) is 14.4 Å². The second-order valence-electron chi connectivity index (χ2n) is 1.48. The van der Waals surface area contributed by atoms with Crippen molar-refractivity contribution in [3.05, 3.63) is 35.9 Å². The molecule has 0 saturated heterocycles. The molecule has 0 heterocycles. The van der Waals surface area contributed by atoms with Crippen LogP contribution in [0.2, 0.25) is 0 Å². The van der Waals surface area contributed by atoms with Crippen molar-refractivity contribution in [3.8, 4) is 6.07 Å². The zero-order chi connectivity index (χ0) is 9.82. The lowest BCUT2D eigenvalue weighted by Crippen LogP contribution is -1.66. The van der Waals surface area contributed by atoms with Gasteiger partial charge in [0.1, 0.15) is 0 Å². The van der Waals surface area contributed by atoms with E-state index in [1.165, 1.54) is 0 Å². The van der Waals surface area contributed by atoms with Crippen molar-refractivity contribution in [1.29, 1.82) is 5.26 Å². The van der Waals surface area contributed by atoms with Gasteiger partial charge >= 0.3 is 0 Å². The van der Waals surface area contributed by atoms with E-state index in [1.54, 1.807) is 12.1 Å². The molecule has 0 aliphatic heterocycles. The number of hydrogen-bond acceptors (Lipinski definition) is 1. The highest BCUT2D eigenvalue weighted by Gasteiger charge is 1.79. The van der Waals surface area contributed by atoms with Crippen LogP contribution < -0.4 is 0 Å². The van der Waals surface area contributed by atoms with Crippen molar-refractivity contribution in [1.82, 2.24) is 0 Å². The van der Waals surface area contributed by atoms with Crippen molar-refractivity contribution in [2.45, 2.75) is 0 Å². The van der Waals surface area contributed by atoms with E-state index in [4.69, 9.17) is 5.26 Å². The summed E-state index contributed by atoms with van der Waals surface area (Å²) < 4.78 is 19.0. The predicted octanol–water partition coefficient (Wildman–Crippen LogP) is 2.73. The first-order valence-corrected chi connectivity index (χ1v) is 3.14. The first-order valence-electron chi connectivity index (χ1n) is 3.14. The highest BCUT2D eigenvalue weighted by Crippen LogP contribution is 1.92. The van der Waals surface area contributed by atoms with Gasteiger partial charge < -0.3 is 0 Å². The summed E-state index contributed by atoms with van der Waals surface area (Å²) in [7, 11) is 1.00. The van der Waals surface area contributed by atoms with Gasteiger partial charge in [0.15, 0.2) is 0 Å². The van der Waals surface area contributed by atoms with Crippen LogP contribution in [-0.4, -0.2) is 14.4 Å². The van der Waals surface area contributed by atoms with E-state index in [0.717, 1.165) is 0 Å². The van der Waals surface area contributed by atoms with Gasteiger partial charge in [0.2, 0.25) is 0 Å². The molecule has 3 heteroatoms. The molecule has 1 aromatic carbocycles. The number of nitriles is 1. The summed E-state index contributed by atoms with van der Waals surface area (Å²) >= 11 is 0. The Morgan fingerprint density at radius 3 is 1.67 bits per heavy atom. The molecule has 0 N–H and O–H groups in total. The van der Waals surface area contributed by atoms with Crippen LogP contribution in [-0.2, 0) is 0 Å². The lowest BCUT2D eigenvalue weighted by molar-refractivity contribution is 0.635. The maximum atomic E-state index is 9.50. The number of hydrogen-bond donors (Lipinski definition) is 0. The zero-order valence-corrected chi connectivity index (χ0v) is 7.09. The highest BCUT2D eigenvalue weighted by molar-refractivity contribution is 5.27. The Morgan fingerprint density at radius 2 is 1.42 bits per heavy atom. The maximum Gasteiger partial charge on any atom is 0.0991 e. The fourth-order valence-corrected chi connectivity index (χ4v) is 0.513. The van der Waals surface area contributed by atoms with Crippen LogP contribution in [0.5, 0.6) is 0 Å². The fraction of sp³-hybridized carbons (Fsp3) is 0.222. The van der Waals surface area contributed by atoms with Crippen molar-refractivity contribution in [3.63, 3.8) is 0 Å². The summed E-state index contributed by atoms with van der Waals surface area (Å²) in [4.78, 5) is 0. The third-order valence-corrected chi connectivity index (χ3v) is 0.903. The molecule has 0 bridgehead atoms. The smallest absolute Gasteiger partial charge is 0.0991 e. The van der Waals surface area contributed by atoms with Crippen LogP contribution in [0.4, 0.5) is 8.78 Å². The summed E-state index contributed by atoms with van der Waals surface area (Å²) in [6.07, 6.45) is 0. The molecular weight excluding hydrogens is 160 g/mol. The maximum absolute atomic E-state index is 9.50. The average Bonchev–Trinajstić information content (AvgIpc) is 2.25. The minimum Gasteiger partial charge on any atom is -0.255 e. The molecule has 66 valence electrons. The number of rotatable bonds is 0. The first-order chi connectivity index (χ1) is 5.93. The van der Waals surface area contributed by atoms with Gasteiger partial charge in [0, 0.05) is 0 Å². The molecule has 0 saturated carbocycles. The van der Waals surface area contributed by atoms with Crippen LogP contribution in [0.15, 0.2) is 30.3 Å². The van der Waals surface area contributed by atoms with Gasteiger partial charge in [0.25, 0.3) is 0 Å². The van der Waals surface area contributed by atoms with Gasteiger partial charge in [-0.15, -0.1) is 0 Å². The summed E-state index contributed by atoms with van der Waals surface area (Å²) in [6, 6.07) is 11.2. The topological polar surface area (TPSA) is 23.8 Å². The lowest BCUT2D eigenvalue weighted by atomic mass is 10.2. The summed E-state index contributed by atoms with van der Waals surface area (Å²) in [5, 5.41) is 8.29. The first kappa shape index (κ1) is 13.2. The van der Waals surface area contributed by atoms with Crippen LogP contribution in [0.1, 0.15) is 5.56 Å². The second kappa shape index (κ2) is 12.3. The summed E-state index contributed by atoms with van der Waals surface area (Å²) in [5.41, 5.74) is 0.715. The van der Waals surface area contributed by atoms with Crippen LogP contribution in [0.3, 0.4) is 0 Å². The van der Waals surface area contributed by atoms with E-state index in [1.807, 2.05) is 24.3 Å². The predicted molar refractivity (Wildman–Crippen MR) is 45.2 cm³/mol. The van der Waals surface area contributed by atoms with Crippen molar-refractivity contribution < 1.29 is 8.78 Å². The summed E-state index contributed by atoms with van der Waals surface area (Å²) in [5.74, 6) is 0. The zero-order valence-electron chi connectivity index (χ0n) is 7.09. The average molecular weight is 171 g/mol. The minimum atomic E-state index is 0.500. The molecule has 0 aromatic heterocycles. The van der Waals surface area contributed by atoms with Gasteiger partial charge in [-0.3, -0.25) is 8.78 Å². The standard InChI is InChI=1S/C7H5N.2CH3F/c8-6-7-4-2-1-3-5-7;2*1-2/h1-5H;2*1H3. The third kappa shape index (κ3) is 6.69. The van der Waals surface area contributed by atoms with Gasteiger partial charge in [-0.2, -0.15) is 5.26 Å². The quantitative estimate of drug-likeness (QED) is 0.588. The Bertz CT molecular complexity index is 204. The Hall–Kier alpha value is -1.43. The fourth-order valence-electron chi connectivity index (χ4n) is 0.513. The molecule has 0 fully saturated rings. The minimum absolute atomic E-state index is 0.500. The van der Waals surface area contributed by atoms with E-state index < -0.39 is 0 Å². The molecule has 1 aromatic rings. The van der Waals surface area contributed by atoms with E-state index in [9.17, 15) is 8.78 Å². The number of halogens is 2. The van der Waals surface area contributed by atoms with Gasteiger partial charge in [-0.1, -0.05) is 18.2 Å². The molecule has 12 heavy (non-hydrogen) atoms. The van der Waals surface area contributed by atoms with Crippen molar-refractivity contribution >= 4 is 0 Å². The molecule has 0 unspecified atom stereocenters. The van der Waals surface area contributed by atoms with Gasteiger partial charge in [-0.05, 0) is 12.1 Å². The largest absolute Gasteiger partial charge is 0.255 e. The van der Waals surface area contributed by atoms with E-state index >= 15 is 0 Å². The molecular formula is C9H11F2N.